The number of benzene rings is 2. The molecule has 0 aliphatic carbocycles. The molecule has 0 bridgehead atoms. The molecule has 0 fully saturated rings. The average Bonchev–Trinajstić information content (AvgIpc) is 3.18. The van der Waals surface area contributed by atoms with Gasteiger partial charge in [-0.25, -0.2) is 0 Å². The molecule has 2 aromatic carbocycles. The molecule has 1 heterocycles. The van der Waals surface area contributed by atoms with Gasteiger partial charge in [-0.1, -0.05) is 43.8 Å². The topological polar surface area (TPSA) is 98.1 Å². The van der Waals surface area contributed by atoms with Gasteiger partial charge in [-0.05, 0) is 48.7 Å². The lowest BCUT2D eigenvalue weighted by atomic mass is 10.0. The third-order valence-electron chi connectivity index (χ3n) is 5.14. The second kappa shape index (κ2) is 11.0. The van der Waals surface area contributed by atoms with Gasteiger partial charge in [0, 0.05) is 18.3 Å². The molecule has 9 heteroatoms. The first-order valence-electron chi connectivity index (χ1n) is 10.7. The molecule has 0 saturated carbocycles. The predicted octanol–water partition coefficient (Wildman–Crippen LogP) is 4.17. The van der Waals surface area contributed by atoms with E-state index in [9.17, 15) is 9.59 Å². The molecular weight excluding hydrogens is 438 g/mol. The number of aromatic nitrogens is 3. The number of nitrogens with zero attached hydrogens (tertiary/aromatic N) is 3. The summed E-state index contributed by atoms with van der Waals surface area (Å²) in [5, 5.41) is 14.9. The summed E-state index contributed by atoms with van der Waals surface area (Å²) in [5.74, 6) is 1.47. The van der Waals surface area contributed by atoms with Gasteiger partial charge in [0.15, 0.2) is 11.0 Å². The van der Waals surface area contributed by atoms with Crippen LogP contribution < -0.4 is 15.4 Å². The second-order valence-corrected chi connectivity index (χ2v) is 8.84. The zero-order valence-electron chi connectivity index (χ0n) is 19.5. The Balaban J connectivity index is 1.58. The van der Waals surface area contributed by atoms with Crippen LogP contribution in [0.4, 0.5) is 5.69 Å². The summed E-state index contributed by atoms with van der Waals surface area (Å²) >= 11 is 1.30. The number of thioether (sulfide) groups is 1. The van der Waals surface area contributed by atoms with E-state index in [2.05, 4.69) is 34.7 Å². The highest BCUT2D eigenvalue weighted by atomic mass is 32.2. The summed E-state index contributed by atoms with van der Waals surface area (Å²) in [6.07, 6.45) is 0. The van der Waals surface area contributed by atoms with Crippen LogP contribution in [-0.4, -0.2) is 39.4 Å². The van der Waals surface area contributed by atoms with Crippen LogP contribution in [0.2, 0.25) is 0 Å². The van der Waals surface area contributed by atoms with Crippen molar-refractivity contribution < 1.29 is 14.3 Å². The number of ether oxygens (including phenoxy) is 1. The van der Waals surface area contributed by atoms with E-state index < -0.39 is 0 Å². The quantitative estimate of drug-likeness (QED) is 0.459. The normalized spacial score (nSPS) is 11.8. The molecule has 2 N–H and O–H groups in total. The van der Waals surface area contributed by atoms with Crippen molar-refractivity contribution in [3.05, 3.63) is 65.5 Å². The van der Waals surface area contributed by atoms with Crippen molar-refractivity contribution in [1.82, 2.24) is 20.1 Å². The molecule has 2 amide bonds. The van der Waals surface area contributed by atoms with Crippen LogP contribution in [0.3, 0.4) is 0 Å². The molecular formula is C24H29N5O3S. The number of amides is 2. The zero-order chi connectivity index (χ0) is 24.0. The number of carbonyl (C=O) groups excluding carboxylic acids is 2. The standard InChI is InChI=1S/C24H29N5O3S/c1-15(2)19-8-6-7-9-20(19)26-21(30)14-33-24-28-27-22(29(24)4)16(3)25-23(31)17-10-12-18(32-5)13-11-17/h6-13,15-16H,14H2,1-5H3,(H,25,31)(H,26,30)/t16-/m1/s1. The Hall–Kier alpha value is -3.33. The first kappa shape index (κ1) is 24.3. The number of nitrogens with one attached hydrogen (secondary N) is 2. The predicted molar refractivity (Wildman–Crippen MR) is 130 cm³/mol. The molecule has 0 radical (unpaired) electrons. The Morgan fingerprint density at radius 3 is 2.42 bits per heavy atom. The van der Waals surface area contributed by atoms with Crippen molar-refractivity contribution in [2.75, 3.05) is 18.2 Å². The van der Waals surface area contributed by atoms with E-state index in [1.54, 1.807) is 35.9 Å². The first-order valence-corrected chi connectivity index (χ1v) is 11.6. The summed E-state index contributed by atoms with van der Waals surface area (Å²) < 4.78 is 6.91. The van der Waals surface area contributed by atoms with Crippen molar-refractivity contribution in [2.45, 2.75) is 37.9 Å². The zero-order valence-corrected chi connectivity index (χ0v) is 20.3. The van der Waals surface area contributed by atoms with Crippen molar-refractivity contribution in [1.29, 1.82) is 0 Å². The lowest BCUT2D eigenvalue weighted by molar-refractivity contribution is -0.113. The molecule has 33 heavy (non-hydrogen) atoms. The third-order valence-corrected chi connectivity index (χ3v) is 6.17. The van der Waals surface area contributed by atoms with Gasteiger partial charge in [0.05, 0.1) is 18.9 Å². The Morgan fingerprint density at radius 2 is 1.76 bits per heavy atom. The minimum atomic E-state index is -0.363. The number of rotatable bonds is 9. The van der Waals surface area contributed by atoms with Gasteiger partial charge in [-0.15, -0.1) is 10.2 Å². The SMILES string of the molecule is COc1ccc(C(=O)N[C@H](C)c2nnc(SCC(=O)Nc3ccccc3C(C)C)n2C)cc1. The molecule has 8 nitrogen and oxygen atoms in total. The average molecular weight is 468 g/mol. The van der Waals surface area contributed by atoms with Crippen molar-refractivity contribution in [3.8, 4) is 5.75 Å². The van der Waals surface area contributed by atoms with Crippen LogP contribution in [0.5, 0.6) is 5.75 Å². The van der Waals surface area contributed by atoms with Gasteiger partial charge >= 0.3 is 0 Å². The summed E-state index contributed by atoms with van der Waals surface area (Å²) in [6.45, 7) is 6.03. The highest BCUT2D eigenvalue weighted by Crippen LogP contribution is 2.25. The maximum atomic E-state index is 12.5. The lowest BCUT2D eigenvalue weighted by Crippen LogP contribution is -2.28. The van der Waals surface area contributed by atoms with Crippen molar-refractivity contribution in [2.24, 2.45) is 7.05 Å². The molecule has 0 spiro atoms. The maximum Gasteiger partial charge on any atom is 0.251 e. The van der Waals surface area contributed by atoms with Crippen molar-refractivity contribution in [3.63, 3.8) is 0 Å². The Labute approximate surface area is 198 Å². The smallest absolute Gasteiger partial charge is 0.251 e. The minimum absolute atomic E-state index is 0.112. The van der Waals surface area contributed by atoms with Crippen molar-refractivity contribution >= 4 is 29.3 Å². The molecule has 0 aliphatic heterocycles. The van der Waals surface area contributed by atoms with E-state index in [1.807, 2.05) is 38.2 Å². The van der Waals surface area contributed by atoms with E-state index in [-0.39, 0.29) is 23.6 Å². The molecule has 0 saturated heterocycles. The second-order valence-electron chi connectivity index (χ2n) is 7.90. The van der Waals surface area contributed by atoms with Crippen LogP contribution in [0.1, 0.15) is 54.5 Å². The maximum absolute atomic E-state index is 12.5. The highest BCUT2D eigenvalue weighted by molar-refractivity contribution is 7.99. The molecule has 0 unspecified atom stereocenters. The van der Waals surface area contributed by atoms with E-state index >= 15 is 0 Å². The van der Waals surface area contributed by atoms with Crippen LogP contribution in [0.25, 0.3) is 0 Å². The summed E-state index contributed by atoms with van der Waals surface area (Å²) in [4.78, 5) is 25.0. The summed E-state index contributed by atoms with van der Waals surface area (Å²) in [7, 11) is 3.40. The third kappa shape index (κ3) is 6.13. The Kier molecular flexibility index (Phi) is 8.11. The lowest BCUT2D eigenvalue weighted by Gasteiger charge is -2.14. The van der Waals surface area contributed by atoms with Gasteiger partial charge in [0.25, 0.3) is 5.91 Å². The molecule has 0 aliphatic rings. The molecule has 1 aromatic heterocycles. The number of hydrogen-bond donors (Lipinski definition) is 2. The number of methoxy groups -OCH3 is 1. The van der Waals surface area contributed by atoms with E-state index in [0.29, 0.717) is 28.2 Å². The molecule has 1 atom stereocenters. The van der Waals surface area contributed by atoms with Crippen LogP contribution in [0.15, 0.2) is 53.7 Å². The minimum Gasteiger partial charge on any atom is -0.497 e. The number of para-hydroxylation sites is 1. The van der Waals surface area contributed by atoms with Crippen LogP contribution in [-0.2, 0) is 11.8 Å². The van der Waals surface area contributed by atoms with E-state index in [4.69, 9.17) is 4.74 Å². The van der Waals surface area contributed by atoms with Gasteiger partial charge in [0.2, 0.25) is 5.91 Å². The van der Waals surface area contributed by atoms with Crippen LogP contribution in [0, 0.1) is 0 Å². The number of hydrogen-bond acceptors (Lipinski definition) is 6. The summed E-state index contributed by atoms with van der Waals surface area (Å²) in [6, 6.07) is 14.3. The number of carbonyl (C=O) groups is 2. The van der Waals surface area contributed by atoms with E-state index in [1.165, 1.54) is 11.8 Å². The molecule has 3 aromatic rings. The Morgan fingerprint density at radius 1 is 1.06 bits per heavy atom. The van der Waals surface area contributed by atoms with Gasteiger partial charge in [-0.2, -0.15) is 0 Å². The van der Waals surface area contributed by atoms with Gasteiger partial charge < -0.3 is 19.9 Å². The monoisotopic (exact) mass is 467 g/mol. The fraction of sp³-hybridized carbons (Fsp3) is 0.333. The Bertz CT molecular complexity index is 1110. The van der Waals surface area contributed by atoms with Gasteiger partial charge in [-0.3, -0.25) is 9.59 Å². The largest absolute Gasteiger partial charge is 0.497 e. The fourth-order valence-corrected chi connectivity index (χ4v) is 4.06. The number of anilines is 1. The summed E-state index contributed by atoms with van der Waals surface area (Å²) in [5.41, 5.74) is 2.45. The molecule has 3 rings (SSSR count). The highest BCUT2D eigenvalue weighted by Gasteiger charge is 2.19. The fourth-order valence-electron chi connectivity index (χ4n) is 3.35. The first-order chi connectivity index (χ1) is 15.8. The van der Waals surface area contributed by atoms with E-state index in [0.717, 1.165) is 11.3 Å². The molecule has 174 valence electrons. The van der Waals surface area contributed by atoms with Crippen LogP contribution >= 0.6 is 11.8 Å². The van der Waals surface area contributed by atoms with Gasteiger partial charge in [0.1, 0.15) is 5.75 Å².